The molecular formula is C18H16O9. The standard InChI is InChI=1S/C18H16O9/c1-24-10-6-9(20)12-14(22)16(26-3)17(27-15(12)13(10)21)18(23)5-4-8(19)11(7-18)25-2/h4-7,20-21,23H,1-3H3. The smallest absolute Gasteiger partial charge is 0.238 e. The number of carbonyl (C=O) groups excluding carboxylic acids is 1. The lowest BCUT2D eigenvalue weighted by molar-refractivity contribution is -0.114. The van der Waals surface area contributed by atoms with Crippen LogP contribution in [0.2, 0.25) is 0 Å². The molecule has 27 heavy (non-hydrogen) atoms. The molecule has 9 heteroatoms. The third-order valence-corrected chi connectivity index (χ3v) is 4.13. The number of ketones is 1. The zero-order valence-electron chi connectivity index (χ0n) is 14.6. The van der Waals surface area contributed by atoms with Crippen LogP contribution in [0, 0.1) is 0 Å². The maximum absolute atomic E-state index is 12.8. The predicted molar refractivity (Wildman–Crippen MR) is 92.1 cm³/mol. The molecule has 3 N–H and O–H groups in total. The summed E-state index contributed by atoms with van der Waals surface area (Å²) in [7, 11) is 3.66. The number of methoxy groups -OCH3 is 3. The molecule has 9 nitrogen and oxygen atoms in total. The summed E-state index contributed by atoms with van der Waals surface area (Å²) < 4.78 is 20.5. The Morgan fingerprint density at radius 1 is 1.07 bits per heavy atom. The van der Waals surface area contributed by atoms with Gasteiger partial charge in [0.25, 0.3) is 0 Å². The van der Waals surface area contributed by atoms with Gasteiger partial charge in [0.05, 0.1) is 21.3 Å². The molecule has 142 valence electrons. The van der Waals surface area contributed by atoms with Crippen LogP contribution in [0.15, 0.2) is 39.3 Å². The number of carbonyl (C=O) groups is 1. The maximum Gasteiger partial charge on any atom is 0.238 e. The second-order valence-electron chi connectivity index (χ2n) is 5.68. The molecule has 2 aromatic rings. The SMILES string of the molecule is COC1=CC(O)(c2oc3c(O)c(OC)cc(O)c3c(=O)c2OC)C=CC1=O. The number of phenolic OH excluding ortho intramolecular Hbond substituents is 2. The molecule has 0 fully saturated rings. The van der Waals surface area contributed by atoms with Gasteiger partial charge in [-0.1, -0.05) is 0 Å². The number of fused-ring (bicyclic) bond motifs is 1. The van der Waals surface area contributed by atoms with E-state index in [-0.39, 0.29) is 16.9 Å². The van der Waals surface area contributed by atoms with Crippen molar-refractivity contribution in [1.29, 1.82) is 0 Å². The highest BCUT2D eigenvalue weighted by atomic mass is 16.5. The summed E-state index contributed by atoms with van der Waals surface area (Å²) in [6.45, 7) is 0. The minimum absolute atomic E-state index is 0.145. The van der Waals surface area contributed by atoms with E-state index in [1.165, 1.54) is 21.3 Å². The van der Waals surface area contributed by atoms with Crippen molar-refractivity contribution in [2.45, 2.75) is 5.60 Å². The van der Waals surface area contributed by atoms with E-state index in [1.807, 2.05) is 0 Å². The van der Waals surface area contributed by atoms with Crippen LogP contribution < -0.4 is 14.9 Å². The first-order valence-electron chi connectivity index (χ1n) is 7.64. The van der Waals surface area contributed by atoms with Crippen molar-refractivity contribution >= 4 is 16.8 Å². The van der Waals surface area contributed by atoms with Crippen molar-refractivity contribution in [3.8, 4) is 23.0 Å². The zero-order chi connectivity index (χ0) is 19.9. The van der Waals surface area contributed by atoms with E-state index in [0.29, 0.717) is 0 Å². The van der Waals surface area contributed by atoms with Crippen molar-refractivity contribution in [1.82, 2.24) is 0 Å². The predicted octanol–water partition coefficient (Wildman–Crippen LogP) is 1.08. The van der Waals surface area contributed by atoms with Gasteiger partial charge < -0.3 is 33.9 Å². The van der Waals surface area contributed by atoms with Crippen molar-refractivity contribution < 1.29 is 38.7 Å². The second-order valence-corrected chi connectivity index (χ2v) is 5.68. The van der Waals surface area contributed by atoms with E-state index in [1.54, 1.807) is 0 Å². The molecule has 0 saturated carbocycles. The number of ether oxygens (including phenoxy) is 3. The molecular weight excluding hydrogens is 360 g/mol. The summed E-state index contributed by atoms with van der Waals surface area (Å²) in [6, 6.07) is 1.05. The average Bonchev–Trinajstić information content (AvgIpc) is 2.65. The van der Waals surface area contributed by atoms with Gasteiger partial charge in [-0.2, -0.15) is 0 Å². The Labute approximate surface area is 152 Å². The van der Waals surface area contributed by atoms with Gasteiger partial charge >= 0.3 is 0 Å². The molecule has 1 heterocycles. The number of phenols is 2. The Bertz CT molecular complexity index is 1060. The Morgan fingerprint density at radius 2 is 1.78 bits per heavy atom. The van der Waals surface area contributed by atoms with Crippen LogP contribution in [-0.4, -0.2) is 42.4 Å². The van der Waals surface area contributed by atoms with Crippen LogP contribution in [0.25, 0.3) is 11.0 Å². The van der Waals surface area contributed by atoms with E-state index >= 15 is 0 Å². The van der Waals surface area contributed by atoms with Crippen molar-refractivity contribution in [2.24, 2.45) is 0 Å². The van der Waals surface area contributed by atoms with Gasteiger partial charge in [0, 0.05) is 12.1 Å². The number of allylic oxidation sites excluding steroid dienone is 1. The molecule has 0 spiro atoms. The van der Waals surface area contributed by atoms with Crippen LogP contribution in [-0.2, 0) is 15.1 Å². The second kappa shape index (κ2) is 6.36. The number of aromatic hydroxyl groups is 2. The van der Waals surface area contributed by atoms with E-state index in [0.717, 1.165) is 24.3 Å². The van der Waals surface area contributed by atoms with Gasteiger partial charge in [0.1, 0.15) is 11.1 Å². The fraction of sp³-hybridized carbons (Fsp3) is 0.222. The van der Waals surface area contributed by atoms with Gasteiger partial charge in [0.2, 0.25) is 22.7 Å². The lowest BCUT2D eigenvalue weighted by Crippen LogP contribution is -2.28. The van der Waals surface area contributed by atoms with Crippen molar-refractivity contribution in [3.05, 3.63) is 46.0 Å². The largest absolute Gasteiger partial charge is 0.507 e. The van der Waals surface area contributed by atoms with Crippen molar-refractivity contribution in [2.75, 3.05) is 21.3 Å². The van der Waals surface area contributed by atoms with Crippen molar-refractivity contribution in [3.63, 3.8) is 0 Å². The summed E-state index contributed by atoms with van der Waals surface area (Å²) in [5, 5.41) is 31.0. The minimum atomic E-state index is -2.08. The van der Waals surface area contributed by atoms with E-state index in [4.69, 9.17) is 18.6 Å². The molecule has 1 aromatic carbocycles. The molecule has 1 unspecified atom stereocenters. The van der Waals surface area contributed by atoms with Crippen LogP contribution in [0.3, 0.4) is 0 Å². The fourth-order valence-corrected chi connectivity index (χ4v) is 2.80. The third kappa shape index (κ3) is 2.68. The van der Waals surface area contributed by atoms with Gasteiger partial charge in [-0.25, -0.2) is 0 Å². The summed E-state index contributed by atoms with van der Waals surface area (Å²) >= 11 is 0. The first-order valence-corrected chi connectivity index (χ1v) is 7.64. The molecule has 0 amide bonds. The highest BCUT2D eigenvalue weighted by Crippen LogP contribution is 2.43. The highest BCUT2D eigenvalue weighted by molar-refractivity contribution is 6.03. The Hall–Kier alpha value is -3.46. The third-order valence-electron chi connectivity index (χ3n) is 4.13. The monoisotopic (exact) mass is 376 g/mol. The zero-order valence-corrected chi connectivity index (χ0v) is 14.6. The Morgan fingerprint density at radius 3 is 2.37 bits per heavy atom. The van der Waals surface area contributed by atoms with Gasteiger partial charge in [0.15, 0.2) is 28.5 Å². The molecule has 1 aliphatic rings. The number of hydrogen-bond donors (Lipinski definition) is 3. The number of rotatable bonds is 4. The molecule has 1 aromatic heterocycles. The topological polar surface area (TPSA) is 136 Å². The van der Waals surface area contributed by atoms with Crippen LogP contribution >= 0.6 is 0 Å². The molecule has 0 saturated heterocycles. The van der Waals surface area contributed by atoms with E-state index in [9.17, 15) is 24.9 Å². The van der Waals surface area contributed by atoms with Crippen LogP contribution in [0.1, 0.15) is 5.76 Å². The number of aliphatic hydroxyl groups is 1. The number of benzene rings is 1. The summed E-state index contributed by atoms with van der Waals surface area (Å²) in [5.74, 6) is -2.71. The normalized spacial score (nSPS) is 19.1. The lowest BCUT2D eigenvalue weighted by Gasteiger charge is -2.25. The molecule has 1 aliphatic carbocycles. The molecule has 3 rings (SSSR count). The van der Waals surface area contributed by atoms with Gasteiger partial charge in [-0.3, -0.25) is 9.59 Å². The van der Waals surface area contributed by atoms with E-state index in [2.05, 4.69) is 0 Å². The van der Waals surface area contributed by atoms with Gasteiger partial charge in [-0.15, -0.1) is 0 Å². The Kier molecular flexibility index (Phi) is 4.32. The first kappa shape index (κ1) is 18.3. The number of hydrogen-bond acceptors (Lipinski definition) is 9. The molecule has 0 radical (unpaired) electrons. The highest BCUT2D eigenvalue weighted by Gasteiger charge is 2.38. The molecule has 1 atom stereocenters. The quantitative estimate of drug-likeness (QED) is 0.670. The van der Waals surface area contributed by atoms with Crippen LogP contribution in [0.5, 0.6) is 23.0 Å². The Balaban J connectivity index is 2.42. The van der Waals surface area contributed by atoms with Gasteiger partial charge in [-0.05, 0) is 12.2 Å². The summed E-state index contributed by atoms with van der Waals surface area (Å²) in [6.07, 6.45) is 3.17. The minimum Gasteiger partial charge on any atom is -0.507 e. The fourth-order valence-electron chi connectivity index (χ4n) is 2.80. The average molecular weight is 376 g/mol. The summed E-state index contributed by atoms with van der Waals surface area (Å²) in [4.78, 5) is 24.6. The molecule has 0 bridgehead atoms. The van der Waals surface area contributed by atoms with E-state index < -0.39 is 45.4 Å². The van der Waals surface area contributed by atoms with Crippen LogP contribution in [0.4, 0.5) is 0 Å². The maximum atomic E-state index is 12.8. The lowest BCUT2D eigenvalue weighted by atomic mass is 9.92. The summed E-state index contributed by atoms with van der Waals surface area (Å²) in [5.41, 5.74) is -3.34. The molecule has 0 aliphatic heterocycles. The first-order chi connectivity index (χ1) is 12.8.